The molecule has 0 fully saturated rings. The molecule has 0 radical (unpaired) electrons. The van der Waals surface area contributed by atoms with Crippen molar-refractivity contribution in [3.05, 3.63) is 28.0 Å². The average Bonchev–Trinajstić information content (AvgIpc) is 2.37. The minimum absolute atomic E-state index is 0.119. The molecular formula is C13H17BrFN3O2. The highest BCUT2D eigenvalue weighted by molar-refractivity contribution is 9.10. The van der Waals surface area contributed by atoms with Crippen molar-refractivity contribution in [3.8, 4) is 0 Å². The van der Waals surface area contributed by atoms with E-state index in [0.717, 1.165) is 18.9 Å². The molecule has 20 heavy (non-hydrogen) atoms. The van der Waals surface area contributed by atoms with Gasteiger partial charge >= 0.3 is 0 Å². The van der Waals surface area contributed by atoms with Crippen molar-refractivity contribution in [2.45, 2.75) is 19.8 Å². The van der Waals surface area contributed by atoms with Crippen molar-refractivity contribution in [2.24, 2.45) is 5.73 Å². The van der Waals surface area contributed by atoms with Crippen LogP contribution in [0, 0.1) is 5.82 Å². The Kier molecular flexibility index (Phi) is 5.94. The zero-order chi connectivity index (χ0) is 15.3. The van der Waals surface area contributed by atoms with Gasteiger partial charge in [-0.2, -0.15) is 0 Å². The van der Waals surface area contributed by atoms with Crippen LogP contribution in [0.2, 0.25) is 0 Å². The molecule has 7 heteroatoms. The Morgan fingerprint density at radius 1 is 1.40 bits per heavy atom. The number of hydrogen-bond donors (Lipinski definition) is 2. The van der Waals surface area contributed by atoms with Crippen LogP contribution in [0.5, 0.6) is 0 Å². The lowest BCUT2D eigenvalue weighted by atomic mass is 10.1. The molecule has 110 valence electrons. The van der Waals surface area contributed by atoms with Gasteiger partial charge in [-0.15, -0.1) is 0 Å². The van der Waals surface area contributed by atoms with Crippen LogP contribution in [-0.2, 0) is 4.79 Å². The third kappa shape index (κ3) is 4.19. The molecule has 0 saturated carbocycles. The molecule has 0 aromatic heterocycles. The highest BCUT2D eigenvalue weighted by Gasteiger charge is 2.20. The molecule has 0 unspecified atom stereocenters. The number of carbonyl (C=O) groups is 2. The van der Waals surface area contributed by atoms with Gasteiger partial charge in [0.1, 0.15) is 5.82 Å². The second-order valence-corrected chi connectivity index (χ2v) is 5.25. The lowest BCUT2D eigenvalue weighted by Gasteiger charge is -2.21. The van der Waals surface area contributed by atoms with Crippen molar-refractivity contribution < 1.29 is 14.0 Å². The molecule has 5 nitrogen and oxygen atoms in total. The van der Waals surface area contributed by atoms with E-state index in [9.17, 15) is 14.0 Å². The summed E-state index contributed by atoms with van der Waals surface area (Å²) in [4.78, 5) is 24.8. The summed E-state index contributed by atoms with van der Waals surface area (Å²) in [5.74, 6) is -1.61. The second kappa shape index (κ2) is 7.23. The van der Waals surface area contributed by atoms with Gasteiger partial charge in [0.25, 0.3) is 5.91 Å². The van der Waals surface area contributed by atoms with Gasteiger partial charge in [-0.1, -0.05) is 13.3 Å². The van der Waals surface area contributed by atoms with Gasteiger partial charge < -0.3 is 16.4 Å². The van der Waals surface area contributed by atoms with E-state index in [4.69, 9.17) is 11.5 Å². The molecule has 2 amide bonds. The molecule has 1 rings (SSSR count). The number of primary amides is 1. The minimum Gasteiger partial charge on any atom is -0.396 e. The maximum absolute atomic E-state index is 13.3. The highest BCUT2D eigenvalue weighted by Crippen LogP contribution is 2.24. The number of carbonyl (C=O) groups excluding carboxylic acids is 2. The Balaban J connectivity index is 3.04. The maximum atomic E-state index is 13.3. The molecule has 0 aliphatic carbocycles. The van der Waals surface area contributed by atoms with E-state index in [0.29, 0.717) is 11.0 Å². The average molecular weight is 346 g/mol. The van der Waals surface area contributed by atoms with Gasteiger partial charge in [0.2, 0.25) is 5.91 Å². The first kappa shape index (κ1) is 16.4. The van der Waals surface area contributed by atoms with Crippen LogP contribution < -0.4 is 11.5 Å². The van der Waals surface area contributed by atoms with Gasteiger partial charge in [0, 0.05) is 11.0 Å². The number of rotatable bonds is 6. The molecule has 0 heterocycles. The van der Waals surface area contributed by atoms with Gasteiger partial charge in [-0.3, -0.25) is 9.59 Å². The van der Waals surface area contributed by atoms with Crippen molar-refractivity contribution in [1.29, 1.82) is 0 Å². The van der Waals surface area contributed by atoms with Crippen LogP contribution in [-0.4, -0.2) is 29.8 Å². The minimum atomic E-state index is -0.608. The second-order valence-electron chi connectivity index (χ2n) is 4.40. The highest BCUT2D eigenvalue weighted by atomic mass is 79.9. The first-order valence-corrected chi connectivity index (χ1v) is 6.98. The van der Waals surface area contributed by atoms with E-state index in [1.165, 1.54) is 11.0 Å². The monoisotopic (exact) mass is 345 g/mol. The Labute approximate surface area is 125 Å². The van der Waals surface area contributed by atoms with E-state index in [1.54, 1.807) is 0 Å². The lowest BCUT2D eigenvalue weighted by Crippen LogP contribution is -2.39. The fraction of sp³-hybridized carbons (Fsp3) is 0.385. The number of nitrogens with zero attached hydrogens (tertiary/aromatic N) is 1. The SMILES string of the molecule is CCCCN(CC(N)=O)C(=O)c1cc(N)c(F)cc1Br. The van der Waals surface area contributed by atoms with E-state index in [-0.39, 0.29) is 17.8 Å². The molecular weight excluding hydrogens is 329 g/mol. The lowest BCUT2D eigenvalue weighted by molar-refractivity contribution is -0.118. The summed E-state index contributed by atoms with van der Waals surface area (Å²) in [7, 11) is 0. The van der Waals surface area contributed by atoms with E-state index >= 15 is 0 Å². The summed E-state index contributed by atoms with van der Waals surface area (Å²) >= 11 is 3.13. The zero-order valence-electron chi connectivity index (χ0n) is 11.2. The van der Waals surface area contributed by atoms with Crippen molar-refractivity contribution in [2.75, 3.05) is 18.8 Å². The summed E-state index contributed by atoms with van der Waals surface area (Å²) in [6.07, 6.45) is 1.61. The standard InChI is InChI=1S/C13H17BrFN3O2/c1-2-3-4-18(7-12(17)19)13(20)8-5-11(16)10(15)6-9(8)14/h5-6H,2-4,7,16H2,1H3,(H2,17,19). The molecule has 1 aromatic rings. The fourth-order valence-electron chi connectivity index (χ4n) is 1.69. The summed E-state index contributed by atoms with van der Waals surface area (Å²) in [5.41, 5.74) is 10.7. The number of unbranched alkanes of at least 4 members (excludes halogenated alkanes) is 1. The summed E-state index contributed by atoms with van der Waals surface area (Å²) in [5, 5.41) is 0. The molecule has 0 atom stereocenters. The predicted molar refractivity (Wildman–Crippen MR) is 78.5 cm³/mol. The number of nitrogen functional groups attached to an aromatic ring is 1. The number of benzene rings is 1. The van der Waals surface area contributed by atoms with Crippen molar-refractivity contribution >= 4 is 33.4 Å². The van der Waals surface area contributed by atoms with Gasteiger partial charge in [0.15, 0.2) is 0 Å². The summed E-state index contributed by atoms with van der Waals surface area (Å²) in [6.45, 7) is 2.20. The normalized spacial score (nSPS) is 10.3. The topological polar surface area (TPSA) is 89.4 Å². The third-order valence-corrected chi connectivity index (χ3v) is 3.39. The van der Waals surface area contributed by atoms with E-state index in [2.05, 4.69) is 15.9 Å². The number of hydrogen-bond acceptors (Lipinski definition) is 3. The van der Waals surface area contributed by atoms with Crippen LogP contribution in [0.15, 0.2) is 16.6 Å². The first-order valence-electron chi connectivity index (χ1n) is 6.18. The van der Waals surface area contributed by atoms with Crippen molar-refractivity contribution in [1.82, 2.24) is 4.90 Å². The van der Waals surface area contributed by atoms with E-state index in [1.807, 2.05) is 6.92 Å². The Morgan fingerprint density at radius 3 is 2.60 bits per heavy atom. The Morgan fingerprint density at radius 2 is 2.05 bits per heavy atom. The van der Waals surface area contributed by atoms with Gasteiger partial charge in [-0.25, -0.2) is 4.39 Å². The molecule has 0 saturated heterocycles. The molecule has 0 aliphatic heterocycles. The Hall–Kier alpha value is -1.63. The molecule has 0 aliphatic rings. The van der Waals surface area contributed by atoms with Crippen molar-refractivity contribution in [3.63, 3.8) is 0 Å². The number of nitrogens with two attached hydrogens (primary N) is 2. The first-order chi connectivity index (χ1) is 9.36. The Bertz CT molecular complexity index is 523. The van der Waals surface area contributed by atoms with Crippen LogP contribution in [0.3, 0.4) is 0 Å². The molecule has 0 spiro atoms. The smallest absolute Gasteiger partial charge is 0.255 e. The maximum Gasteiger partial charge on any atom is 0.255 e. The fourth-order valence-corrected chi connectivity index (χ4v) is 2.17. The molecule has 1 aromatic carbocycles. The van der Waals surface area contributed by atoms with Crippen LogP contribution >= 0.6 is 15.9 Å². The molecule has 0 bridgehead atoms. The van der Waals surface area contributed by atoms with Crippen LogP contribution in [0.25, 0.3) is 0 Å². The van der Waals surface area contributed by atoms with Crippen LogP contribution in [0.1, 0.15) is 30.1 Å². The summed E-state index contributed by atoms with van der Waals surface area (Å²) in [6, 6.07) is 2.38. The number of anilines is 1. The number of halogens is 2. The third-order valence-electron chi connectivity index (χ3n) is 2.73. The zero-order valence-corrected chi connectivity index (χ0v) is 12.7. The number of amides is 2. The predicted octanol–water partition coefficient (Wildman–Crippen LogP) is 1.90. The quantitative estimate of drug-likeness (QED) is 0.771. The van der Waals surface area contributed by atoms with Crippen LogP contribution in [0.4, 0.5) is 10.1 Å². The summed E-state index contributed by atoms with van der Waals surface area (Å²) < 4.78 is 13.6. The largest absolute Gasteiger partial charge is 0.396 e. The van der Waals surface area contributed by atoms with Gasteiger partial charge in [0.05, 0.1) is 17.8 Å². The molecule has 4 N–H and O–H groups in total. The van der Waals surface area contributed by atoms with Gasteiger partial charge in [-0.05, 0) is 34.5 Å². The van der Waals surface area contributed by atoms with E-state index < -0.39 is 17.6 Å².